The summed E-state index contributed by atoms with van der Waals surface area (Å²) in [5, 5.41) is 9.97. The maximum absolute atomic E-state index is 12.3. The number of anilines is 1. The van der Waals surface area contributed by atoms with Crippen LogP contribution >= 0.6 is 22.6 Å². The first-order valence-electron chi connectivity index (χ1n) is 8.40. The van der Waals surface area contributed by atoms with E-state index in [0.29, 0.717) is 11.4 Å². The first kappa shape index (κ1) is 19.2. The number of nitrogens with zero attached hydrogens (tertiary/aromatic N) is 1. The van der Waals surface area contributed by atoms with E-state index < -0.39 is 0 Å². The number of hydrogen-bond donors (Lipinski definition) is 2. The van der Waals surface area contributed by atoms with Gasteiger partial charge in [0.2, 0.25) is 0 Å². The fourth-order valence-electron chi connectivity index (χ4n) is 2.63. The van der Waals surface area contributed by atoms with Crippen molar-refractivity contribution >= 4 is 34.3 Å². The van der Waals surface area contributed by atoms with Crippen LogP contribution in [-0.4, -0.2) is 30.3 Å². The van der Waals surface area contributed by atoms with Gasteiger partial charge in [-0.1, -0.05) is 0 Å². The molecule has 0 radical (unpaired) electrons. The highest BCUT2D eigenvalue weighted by atomic mass is 127. The third kappa shape index (κ3) is 5.22. The maximum atomic E-state index is 12.3. The molecule has 0 saturated carbocycles. The lowest BCUT2D eigenvalue weighted by Crippen LogP contribution is -2.11. The van der Waals surface area contributed by atoms with E-state index in [1.165, 1.54) is 0 Å². The lowest BCUT2D eigenvalue weighted by Gasteiger charge is -2.07. The molecule has 0 saturated heterocycles. The third-order valence-corrected chi connectivity index (χ3v) is 4.79. The molecule has 0 aliphatic heterocycles. The minimum Gasteiger partial charge on any atom is -0.497 e. The Hall–Kier alpha value is -2.55. The number of halogens is 1. The molecule has 7 heteroatoms. The minimum atomic E-state index is -0.167. The van der Waals surface area contributed by atoms with Gasteiger partial charge in [0.1, 0.15) is 17.3 Å². The number of H-pyrrole nitrogens is 1. The molecule has 2 N–H and O–H groups in total. The topological polar surface area (TPSA) is 76.2 Å². The molecule has 0 aliphatic carbocycles. The van der Waals surface area contributed by atoms with Crippen LogP contribution in [0.5, 0.6) is 11.5 Å². The molecule has 0 aliphatic rings. The number of amides is 1. The molecule has 1 aromatic heterocycles. The summed E-state index contributed by atoms with van der Waals surface area (Å²) < 4.78 is 11.7. The fraction of sp³-hybridized carbons (Fsp3) is 0.200. The lowest BCUT2D eigenvalue weighted by molar-refractivity contribution is 0.102. The molecule has 140 valence electrons. The van der Waals surface area contributed by atoms with Crippen LogP contribution in [-0.2, 0) is 12.8 Å². The summed E-state index contributed by atoms with van der Waals surface area (Å²) in [6, 6.07) is 15.0. The van der Waals surface area contributed by atoms with Gasteiger partial charge in [-0.15, -0.1) is 0 Å². The van der Waals surface area contributed by atoms with Gasteiger partial charge in [-0.3, -0.25) is 9.89 Å². The molecule has 0 unspecified atom stereocenters. The van der Waals surface area contributed by atoms with E-state index in [1.807, 2.05) is 36.4 Å². The van der Waals surface area contributed by atoms with Gasteiger partial charge in [0, 0.05) is 21.3 Å². The average molecular weight is 477 g/mol. The van der Waals surface area contributed by atoms with Crippen molar-refractivity contribution in [2.75, 3.05) is 19.5 Å². The van der Waals surface area contributed by atoms with Crippen LogP contribution in [0.25, 0.3) is 0 Å². The van der Waals surface area contributed by atoms with Gasteiger partial charge in [-0.25, -0.2) is 0 Å². The minimum absolute atomic E-state index is 0.167. The lowest BCUT2D eigenvalue weighted by atomic mass is 10.1. The summed E-state index contributed by atoms with van der Waals surface area (Å²) in [6.07, 6.45) is 1.51. The van der Waals surface area contributed by atoms with E-state index >= 15 is 0 Å². The predicted molar refractivity (Wildman–Crippen MR) is 113 cm³/mol. The van der Waals surface area contributed by atoms with Crippen LogP contribution in [0.1, 0.15) is 21.6 Å². The number of carbonyl (C=O) groups excluding carboxylic acids is 1. The van der Waals surface area contributed by atoms with Crippen molar-refractivity contribution in [2.45, 2.75) is 12.8 Å². The standard InChI is InChI=1S/C20H20IN3O3/c1-26-17-9-13(10-18(12-17)27-2)3-8-16-11-19(24-23-16)22-20(25)14-4-6-15(21)7-5-14/h4-7,9-12H,3,8H2,1-2H3,(H2,22,23,24,25). The summed E-state index contributed by atoms with van der Waals surface area (Å²) in [5.74, 6) is 1.93. The quantitative estimate of drug-likeness (QED) is 0.504. The highest BCUT2D eigenvalue weighted by molar-refractivity contribution is 14.1. The summed E-state index contributed by atoms with van der Waals surface area (Å²) in [5.41, 5.74) is 2.57. The van der Waals surface area contributed by atoms with Gasteiger partial charge in [-0.05, 0) is 77.4 Å². The van der Waals surface area contributed by atoms with Crippen LogP contribution in [0.2, 0.25) is 0 Å². The van der Waals surface area contributed by atoms with Gasteiger partial charge in [-0.2, -0.15) is 5.10 Å². The molecule has 2 aromatic carbocycles. The number of ether oxygens (including phenoxy) is 2. The molecule has 0 spiro atoms. The number of carbonyl (C=O) groups is 1. The predicted octanol–water partition coefficient (Wildman–Crippen LogP) is 4.07. The van der Waals surface area contributed by atoms with E-state index in [1.54, 1.807) is 26.4 Å². The SMILES string of the molecule is COc1cc(CCc2cc(NC(=O)c3ccc(I)cc3)[nH]n2)cc(OC)c1. The number of nitrogens with one attached hydrogen (secondary N) is 2. The molecule has 0 fully saturated rings. The highest BCUT2D eigenvalue weighted by Crippen LogP contribution is 2.23. The molecule has 0 bridgehead atoms. The van der Waals surface area contributed by atoms with Crippen molar-refractivity contribution in [1.29, 1.82) is 0 Å². The van der Waals surface area contributed by atoms with Gasteiger partial charge in [0.05, 0.1) is 19.9 Å². The van der Waals surface area contributed by atoms with Crippen molar-refractivity contribution < 1.29 is 14.3 Å². The third-order valence-electron chi connectivity index (χ3n) is 4.07. The number of aromatic amines is 1. The Labute approximate surface area is 171 Å². The van der Waals surface area contributed by atoms with Crippen molar-refractivity contribution in [3.05, 3.63) is 68.9 Å². The molecule has 3 aromatic rings. The van der Waals surface area contributed by atoms with Crippen molar-refractivity contribution in [2.24, 2.45) is 0 Å². The molecule has 1 amide bonds. The summed E-state index contributed by atoms with van der Waals surface area (Å²) in [4.78, 5) is 12.3. The average Bonchev–Trinajstić information content (AvgIpc) is 3.13. The Morgan fingerprint density at radius 1 is 1.04 bits per heavy atom. The number of aromatic nitrogens is 2. The maximum Gasteiger partial charge on any atom is 0.256 e. The Kier molecular flexibility index (Phi) is 6.33. The van der Waals surface area contributed by atoms with E-state index in [2.05, 4.69) is 38.1 Å². The van der Waals surface area contributed by atoms with Crippen LogP contribution < -0.4 is 14.8 Å². The van der Waals surface area contributed by atoms with E-state index in [4.69, 9.17) is 9.47 Å². The molecule has 6 nitrogen and oxygen atoms in total. The van der Waals surface area contributed by atoms with Gasteiger partial charge in [0.25, 0.3) is 5.91 Å². The van der Waals surface area contributed by atoms with Crippen molar-refractivity contribution in [3.8, 4) is 11.5 Å². The Bertz CT molecular complexity index is 900. The summed E-state index contributed by atoms with van der Waals surface area (Å²) in [6.45, 7) is 0. The molecule has 27 heavy (non-hydrogen) atoms. The second-order valence-corrected chi connectivity index (χ2v) is 7.20. The smallest absolute Gasteiger partial charge is 0.256 e. The second-order valence-electron chi connectivity index (χ2n) is 5.95. The monoisotopic (exact) mass is 477 g/mol. The summed E-state index contributed by atoms with van der Waals surface area (Å²) in [7, 11) is 3.27. The number of aryl methyl sites for hydroxylation is 2. The molecule has 1 heterocycles. The van der Waals surface area contributed by atoms with Crippen LogP contribution in [0, 0.1) is 3.57 Å². The Morgan fingerprint density at radius 2 is 1.70 bits per heavy atom. The first-order chi connectivity index (χ1) is 13.1. The van der Waals surface area contributed by atoms with Crippen LogP contribution in [0.15, 0.2) is 48.5 Å². The summed E-state index contributed by atoms with van der Waals surface area (Å²) >= 11 is 2.21. The first-order valence-corrected chi connectivity index (χ1v) is 9.48. The van der Waals surface area contributed by atoms with Crippen LogP contribution in [0.4, 0.5) is 5.82 Å². The normalized spacial score (nSPS) is 10.5. The fourth-order valence-corrected chi connectivity index (χ4v) is 2.99. The van der Waals surface area contributed by atoms with Gasteiger partial charge < -0.3 is 14.8 Å². The van der Waals surface area contributed by atoms with E-state index in [0.717, 1.165) is 39.2 Å². The number of hydrogen-bond acceptors (Lipinski definition) is 4. The van der Waals surface area contributed by atoms with Gasteiger partial charge >= 0.3 is 0 Å². The van der Waals surface area contributed by atoms with E-state index in [9.17, 15) is 4.79 Å². The largest absolute Gasteiger partial charge is 0.497 e. The van der Waals surface area contributed by atoms with Crippen molar-refractivity contribution in [1.82, 2.24) is 10.2 Å². The molecule has 0 atom stereocenters. The number of benzene rings is 2. The zero-order chi connectivity index (χ0) is 19.2. The highest BCUT2D eigenvalue weighted by Gasteiger charge is 2.09. The Balaban J connectivity index is 1.61. The second kappa shape index (κ2) is 8.90. The van der Waals surface area contributed by atoms with Crippen molar-refractivity contribution in [3.63, 3.8) is 0 Å². The molecular formula is C20H20IN3O3. The van der Waals surface area contributed by atoms with Crippen LogP contribution in [0.3, 0.4) is 0 Å². The zero-order valence-electron chi connectivity index (χ0n) is 15.1. The van der Waals surface area contributed by atoms with E-state index in [-0.39, 0.29) is 5.91 Å². The number of methoxy groups -OCH3 is 2. The van der Waals surface area contributed by atoms with Gasteiger partial charge in [0.15, 0.2) is 0 Å². The number of rotatable bonds is 7. The zero-order valence-corrected chi connectivity index (χ0v) is 17.2. The molecule has 3 rings (SSSR count). The molecular weight excluding hydrogens is 457 g/mol. The Morgan fingerprint density at radius 3 is 2.33 bits per heavy atom.